The van der Waals surface area contributed by atoms with Gasteiger partial charge in [-0.2, -0.15) is 0 Å². The average molecular weight is 265 g/mol. The summed E-state index contributed by atoms with van der Waals surface area (Å²) in [6, 6.07) is 4.78. The van der Waals surface area contributed by atoms with Crippen LogP contribution in [-0.4, -0.2) is 6.10 Å². The Morgan fingerprint density at radius 2 is 2.11 bits per heavy atom. The summed E-state index contributed by atoms with van der Waals surface area (Å²) in [6.07, 6.45) is 5.85. The molecule has 1 fully saturated rings. The van der Waals surface area contributed by atoms with Crippen LogP contribution in [0.15, 0.2) is 18.2 Å². The summed E-state index contributed by atoms with van der Waals surface area (Å²) in [4.78, 5) is 0. The van der Waals surface area contributed by atoms with Crippen molar-refractivity contribution in [3.8, 4) is 5.75 Å². The standard InChI is InChI=1S/C16H24FNO/c1-3-12-7-4-5-10-15(12)19-16-13(11(2)18)8-6-9-14(16)17/h6,8-9,11-12,15H,3-5,7,10,18H2,1-2H3/t11-,12?,15?/m1/s1. The lowest BCUT2D eigenvalue weighted by atomic mass is 9.84. The van der Waals surface area contributed by atoms with Gasteiger partial charge in [-0.1, -0.05) is 25.5 Å². The highest BCUT2D eigenvalue weighted by atomic mass is 19.1. The maximum Gasteiger partial charge on any atom is 0.165 e. The summed E-state index contributed by atoms with van der Waals surface area (Å²) in [7, 11) is 0. The molecule has 1 saturated carbocycles. The van der Waals surface area contributed by atoms with Gasteiger partial charge in [-0.05, 0) is 44.6 Å². The number of benzene rings is 1. The topological polar surface area (TPSA) is 35.2 Å². The molecule has 1 aliphatic rings. The smallest absolute Gasteiger partial charge is 0.165 e. The highest BCUT2D eigenvalue weighted by Gasteiger charge is 2.27. The zero-order valence-electron chi connectivity index (χ0n) is 11.9. The van der Waals surface area contributed by atoms with E-state index in [9.17, 15) is 4.39 Å². The fraction of sp³-hybridized carbons (Fsp3) is 0.625. The number of nitrogens with two attached hydrogens (primary N) is 1. The molecule has 0 heterocycles. The predicted octanol–water partition coefficient (Wildman–Crippen LogP) is 4.19. The van der Waals surface area contributed by atoms with Crippen molar-refractivity contribution in [2.45, 2.75) is 58.1 Å². The zero-order chi connectivity index (χ0) is 13.8. The minimum Gasteiger partial charge on any atom is -0.487 e. The fourth-order valence-electron chi connectivity index (χ4n) is 2.96. The largest absolute Gasteiger partial charge is 0.487 e. The number of rotatable bonds is 4. The molecule has 0 aliphatic heterocycles. The van der Waals surface area contributed by atoms with Gasteiger partial charge in [0.15, 0.2) is 11.6 Å². The maximum absolute atomic E-state index is 14.0. The Kier molecular flexibility index (Phi) is 4.81. The minimum atomic E-state index is -0.296. The van der Waals surface area contributed by atoms with E-state index in [1.54, 1.807) is 6.07 Å². The molecule has 0 aromatic heterocycles. The minimum absolute atomic E-state index is 0.133. The molecular weight excluding hydrogens is 241 g/mol. The SMILES string of the molecule is CCC1CCCCC1Oc1c(F)cccc1[C@@H](C)N. The van der Waals surface area contributed by atoms with E-state index < -0.39 is 0 Å². The molecule has 2 N–H and O–H groups in total. The van der Waals surface area contributed by atoms with Crippen LogP contribution in [0.5, 0.6) is 5.75 Å². The van der Waals surface area contributed by atoms with Gasteiger partial charge in [0.25, 0.3) is 0 Å². The van der Waals surface area contributed by atoms with E-state index >= 15 is 0 Å². The van der Waals surface area contributed by atoms with Gasteiger partial charge in [0.2, 0.25) is 0 Å². The van der Waals surface area contributed by atoms with Crippen molar-refractivity contribution in [2.75, 3.05) is 0 Å². The first-order valence-corrected chi connectivity index (χ1v) is 7.34. The van der Waals surface area contributed by atoms with Crippen LogP contribution < -0.4 is 10.5 Å². The van der Waals surface area contributed by atoms with Crippen molar-refractivity contribution in [1.29, 1.82) is 0 Å². The molecule has 0 saturated heterocycles. The van der Waals surface area contributed by atoms with Gasteiger partial charge in [-0.15, -0.1) is 0 Å². The number of hydrogen-bond donors (Lipinski definition) is 1. The summed E-state index contributed by atoms with van der Waals surface area (Å²) in [5, 5.41) is 0. The van der Waals surface area contributed by atoms with E-state index in [0.717, 1.165) is 18.4 Å². The van der Waals surface area contributed by atoms with Crippen molar-refractivity contribution in [3.63, 3.8) is 0 Å². The third kappa shape index (κ3) is 3.27. The predicted molar refractivity (Wildman–Crippen MR) is 75.7 cm³/mol. The Morgan fingerprint density at radius 1 is 1.37 bits per heavy atom. The Labute approximate surface area is 115 Å². The fourth-order valence-corrected chi connectivity index (χ4v) is 2.96. The van der Waals surface area contributed by atoms with E-state index in [4.69, 9.17) is 10.5 Å². The lowest BCUT2D eigenvalue weighted by Gasteiger charge is -2.32. The molecule has 2 rings (SSSR count). The van der Waals surface area contributed by atoms with Crippen LogP contribution >= 0.6 is 0 Å². The van der Waals surface area contributed by atoms with Crippen molar-refractivity contribution < 1.29 is 9.13 Å². The van der Waals surface area contributed by atoms with E-state index in [2.05, 4.69) is 6.92 Å². The quantitative estimate of drug-likeness (QED) is 0.885. The van der Waals surface area contributed by atoms with Crippen molar-refractivity contribution in [3.05, 3.63) is 29.6 Å². The van der Waals surface area contributed by atoms with Crippen molar-refractivity contribution >= 4 is 0 Å². The van der Waals surface area contributed by atoms with Crippen LogP contribution in [0.1, 0.15) is 57.6 Å². The van der Waals surface area contributed by atoms with E-state index in [1.807, 2.05) is 13.0 Å². The average Bonchev–Trinajstić information content (AvgIpc) is 2.41. The van der Waals surface area contributed by atoms with Crippen LogP contribution in [0, 0.1) is 11.7 Å². The van der Waals surface area contributed by atoms with Crippen LogP contribution in [0.25, 0.3) is 0 Å². The van der Waals surface area contributed by atoms with Gasteiger partial charge in [-0.25, -0.2) is 4.39 Å². The van der Waals surface area contributed by atoms with Crippen molar-refractivity contribution in [2.24, 2.45) is 11.7 Å². The first kappa shape index (κ1) is 14.3. The molecule has 19 heavy (non-hydrogen) atoms. The first-order valence-electron chi connectivity index (χ1n) is 7.34. The maximum atomic E-state index is 14.0. The molecule has 0 radical (unpaired) electrons. The number of ether oxygens (including phenoxy) is 1. The van der Waals surface area contributed by atoms with Gasteiger partial charge < -0.3 is 10.5 Å². The molecule has 0 bridgehead atoms. The zero-order valence-corrected chi connectivity index (χ0v) is 11.9. The summed E-state index contributed by atoms with van der Waals surface area (Å²) in [5.74, 6) is 0.604. The molecule has 106 valence electrons. The van der Waals surface area contributed by atoms with Crippen LogP contribution in [0.4, 0.5) is 4.39 Å². The highest BCUT2D eigenvalue weighted by Crippen LogP contribution is 2.34. The Hall–Kier alpha value is -1.09. The Bertz CT molecular complexity index is 419. The van der Waals surface area contributed by atoms with Gasteiger partial charge in [0, 0.05) is 11.6 Å². The number of hydrogen-bond acceptors (Lipinski definition) is 2. The second-order valence-corrected chi connectivity index (χ2v) is 5.56. The molecular formula is C16H24FNO. The van der Waals surface area contributed by atoms with E-state index in [0.29, 0.717) is 11.7 Å². The summed E-state index contributed by atoms with van der Waals surface area (Å²) < 4.78 is 20.0. The molecule has 1 aromatic rings. The summed E-state index contributed by atoms with van der Waals surface area (Å²) in [6.45, 7) is 4.04. The second-order valence-electron chi connectivity index (χ2n) is 5.56. The summed E-state index contributed by atoms with van der Waals surface area (Å²) >= 11 is 0. The molecule has 0 amide bonds. The van der Waals surface area contributed by atoms with Gasteiger partial charge in [0.05, 0.1) is 0 Å². The van der Waals surface area contributed by atoms with Gasteiger partial charge in [-0.3, -0.25) is 0 Å². The van der Waals surface area contributed by atoms with Crippen molar-refractivity contribution in [1.82, 2.24) is 0 Å². The number of para-hydroxylation sites is 1. The summed E-state index contributed by atoms with van der Waals surface area (Å²) in [5.41, 5.74) is 6.67. The Balaban J connectivity index is 2.22. The van der Waals surface area contributed by atoms with Crippen LogP contribution in [-0.2, 0) is 0 Å². The highest BCUT2D eigenvalue weighted by molar-refractivity contribution is 5.37. The Morgan fingerprint density at radius 3 is 2.79 bits per heavy atom. The second kappa shape index (κ2) is 6.38. The third-order valence-corrected chi connectivity index (χ3v) is 4.12. The monoisotopic (exact) mass is 265 g/mol. The molecule has 3 heteroatoms. The lowest BCUT2D eigenvalue weighted by molar-refractivity contribution is 0.0849. The van der Waals surface area contributed by atoms with Gasteiger partial charge >= 0.3 is 0 Å². The van der Waals surface area contributed by atoms with E-state index in [1.165, 1.54) is 25.3 Å². The normalized spacial score (nSPS) is 25.1. The third-order valence-electron chi connectivity index (χ3n) is 4.12. The van der Waals surface area contributed by atoms with Crippen LogP contribution in [0.2, 0.25) is 0 Å². The molecule has 0 spiro atoms. The molecule has 3 atom stereocenters. The molecule has 2 unspecified atom stereocenters. The number of halogens is 1. The molecule has 2 nitrogen and oxygen atoms in total. The van der Waals surface area contributed by atoms with Crippen LogP contribution in [0.3, 0.4) is 0 Å². The molecule has 1 aromatic carbocycles. The molecule has 1 aliphatic carbocycles. The lowest BCUT2D eigenvalue weighted by Crippen LogP contribution is -2.30. The van der Waals surface area contributed by atoms with E-state index in [-0.39, 0.29) is 18.0 Å². The first-order chi connectivity index (χ1) is 9.13. The van der Waals surface area contributed by atoms with Gasteiger partial charge in [0.1, 0.15) is 6.10 Å².